The van der Waals surface area contributed by atoms with Crippen molar-refractivity contribution < 1.29 is 22.6 Å². The van der Waals surface area contributed by atoms with Crippen LogP contribution >= 0.6 is 0 Å². The van der Waals surface area contributed by atoms with Crippen molar-refractivity contribution in [2.75, 3.05) is 11.9 Å². The molecule has 2 aliphatic carbocycles. The normalized spacial score (nSPS) is 18.2. The van der Waals surface area contributed by atoms with Crippen LogP contribution in [0.15, 0.2) is 30.5 Å². The van der Waals surface area contributed by atoms with Crippen molar-refractivity contribution in [3.8, 4) is 11.8 Å². The molecular weight excluding hydrogens is 407 g/mol. The van der Waals surface area contributed by atoms with Crippen molar-refractivity contribution in [3.63, 3.8) is 0 Å². The van der Waals surface area contributed by atoms with Gasteiger partial charge in [-0.05, 0) is 75.6 Å². The van der Waals surface area contributed by atoms with Gasteiger partial charge in [0.1, 0.15) is 17.4 Å². The van der Waals surface area contributed by atoms with Crippen molar-refractivity contribution in [1.29, 1.82) is 0 Å². The van der Waals surface area contributed by atoms with E-state index in [-0.39, 0.29) is 24.0 Å². The third-order valence-corrected chi connectivity index (χ3v) is 6.02. The molecule has 0 N–H and O–H groups in total. The second-order valence-electron chi connectivity index (χ2n) is 8.34. The van der Waals surface area contributed by atoms with Crippen molar-refractivity contribution in [2.45, 2.75) is 76.2 Å². The number of rotatable bonds is 6. The Labute approximate surface area is 180 Å². The van der Waals surface area contributed by atoms with Crippen LogP contribution in [-0.4, -0.2) is 29.2 Å². The number of ether oxygens (including phenoxy) is 2. The van der Waals surface area contributed by atoms with Gasteiger partial charge in [0, 0.05) is 18.9 Å². The van der Waals surface area contributed by atoms with Crippen LogP contribution in [-0.2, 0) is 6.18 Å². The lowest BCUT2D eigenvalue weighted by molar-refractivity contribution is -0.137. The van der Waals surface area contributed by atoms with Gasteiger partial charge in [0.25, 0.3) is 0 Å². The number of hydrogen-bond donors (Lipinski definition) is 0. The second kappa shape index (κ2) is 9.32. The van der Waals surface area contributed by atoms with Crippen molar-refractivity contribution in [3.05, 3.63) is 36.0 Å². The van der Waals surface area contributed by atoms with Crippen LogP contribution in [0.2, 0.25) is 0 Å². The molecule has 2 aliphatic rings. The minimum absolute atomic E-state index is 0.0112. The lowest BCUT2D eigenvalue weighted by Gasteiger charge is -2.25. The topological polar surface area (TPSA) is 47.5 Å². The highest BCUT2D eigenvalue weighted by Crippen LogP contribution is 2.38. The Morgan fingerprint density at radius 1 is 0.871 bits per heavy atom. The molecule has 8 heteroatoms. The third kappa shape index (κ3) is 5.40. The molecule has 0 saturated heterocycles. The molecule has 2 aromatic rings. The first-order chi connectivity index (χ1) is 14.9. The molecule has 2 fully saturated rings. The van der Waals surface area contributed by atoms with Gasteiger partial charge in [-0.15, -0.1) is 0 Å². The average Bonchev–Trinajstić information content (AvgIpc) is 3.27. The minimum Gasteiger partial charge on any atom is -0.490 e. The molecular formula is C23H28F3N3O2. The summed E-state index contributed by atoms with van der Waals surface area (Å²) < 4.78 is 52.7. The fraction of sp³-hybridized carbons (Fsp3) is 0.565. The summed E-state index contributed by atoms with van der Waals surface area (Å²) >= 11 is 0. The zero-order valence-corrected chi connectivity index (χ0v) is 17.7. The van der Waals surface area contributed by atoms with E-state index in [4.69, 9.17) is 9.47 Å². The van der Waals surface area contributed by atoms with Gasteiger partial charge in [-0.3, -0.25) is 0 Å². The Bertz CT molecular complexity index is 861. The van der Waals surface area contributed by atoms with Crippen LogP contribution in [0, 0.1) is 0 Å². The van der Waals surface area contributed by atoms with Gasteiger partial charge < -0.3 is 14.4 Å². The van der Waals surface area contributed by atoms with E-state index < -0.39 is 11.7 Å². The summed E-state index contributed by atoms with van der Waals surface area (Å²) in [5.74, 6) is 0.502. The number of anilines is 2. The SMILES string of the molecule is CN(c1ccc(OC2CCCC2)cc1)c1nc(OC2CCCCC2)ncc1C(F)(F)F. The highest BCUT2D eigenvalue weighted by Gasteiger charge is 2.37. The zero-order chi connectivity index (χ0) is 21.8. The summed E-state index contributed by atoms with van der Waals surface area (Å²) in [6.45, 7) is 0. The number of aromatic nitrogens is 2. The van der Waals surface area contributed by atoms with E-state index in [9.17, 15) is 13.2 Å². The molecule has 1 heterocycles. The second-order valence-corrected chi connectivity index (χ2v) is 8.34. The van der Waals surface area contributed by atoms with Crippen molar-refractivity contribution in [1.82, 2.24) is 9.97 Å². The maximum atomic E-state index is 13.6. The molecule has 31 heavy (non-hydrogen) atoms. The molecule has 168 valence electrons. The lowest BCUT2D eigenvalue weighted by atomic mass is 9.98. The summed E-state index contributed by atoms with van der Waals surface area (Å²) in [5, 5.41) is 0. The number of alkyl halides is 3. The summed E-state index contributed by atoms with van der Waals surface area (Å²) in [5.41, 5.74) is -0.316. The van der Waals surface area contributed by atoms with Crippen molar-refractivity contribution in [2.24, 2.45) is 0 Å². The summed E-state index contributed by atoms with van der Waals surface area (Å²) in [7, 11) is 1.56. The molecule has 1 aromatic carbocycles. The highest BCUT2D eigenvalue weighted by molar-refractivity contribution is 5.63. The number of benzene rings is 1. The van der Waals surface area contributed by atoms with Gasteiger partial charge in [-0.25, -0.2) is 4.98 Å². The van der Waals surface area contributed by atoms with E-state index in [1.54, 1.807) is 31.3 Å². The van der Waals surface area contributed by atoms with Gasteiger partial charge in [0.15, 0.2) is 5.82 Å². The maximum Gasteiger partial charge on any atom is 0.421 e. The van der Waals surface area contributed by atoms with E-state index in [0.717, 1.165) is 56.9 Å². The molecule has 0 spiro atoms. The molecule has 0 bridgehead atoms. The van der Waals surface area contributed by atoms with Crippen LogP contribution in [0.4, 0.5) is 24.7 Å². The highest BCUT2D eigenvalue weighted by atomic mass is 19.4. The molecule has 0 amide bonds. The number of nitrogens with zero attached hydrogens (tertiary/aromatic N) is 3. The molecule has 5 nitrogen and oxygen atoms in total. The van der Waals surface area contributed by atoms with E-state index >= 15 is 0 Å². The van der Waals surface area contributed by atoms with Crippen LogP contribution in [0.3, 0.4) is 0 Å². The van der Waals surface area contributed by atoms with Crippen LogP contribution < -0.4 is 14.4 Å². The van der Waals surface area contributed by atoms with Crippen molar-refractivity contribution >= 4 is 11.5 Å². The Balaban J connectivity index is 1.55. The van der Waals surface area contributed by atoms with E-state index in [2.05, 4.69) is 9.97 Å². The molecule has 0 radical (unpaired) electrons. The molecule has 2 saturated carbocycles. The van der Waals surface area contributed by atoms with E-state index in [0.29, 0.717) is 5.69 Å². The van der Waals surface area contributed by atoms with Gasteiger partial charge in [-0.1, -0.05) is 6.42 Å². The molecule has 1 aromatic heterocycles. The van der Waals surface area contributed by atoms with Crippen LogP contribution in [0.1, 0.15) is 63.4 Å². The monoisotopic (exact) mass is 435 g/mol. The molecule has 0 atom stereocenters. The predicted molar refractivity (Wildman–Crippen MR) is 112 cm³/mol. The molecule has 4 rings (SSSR count). The Morgan fingerprint density at radius 2 is 1.45 bits per heavy atom. The molecule has 0 unspecified atom stereocenters. The summed E-state index contributed by atoms with van der Waals surface area (Å²) in [4.78, 5) is 9.42. The number of hydrogen-bond acceptors (Lipinski definition) is 5. The first-order valence-electron chi connectivity index (χ1n) is 11.0. The third-order valence-electron chi connectivity index (χ3n) is 6.02. The maximum absolute atomic E-state index is 13.6. The average molecular weight is 435 g/mol. The first-order valence-corrected chi connectivity index (χ1v) is 11.0. The van der Waals surface area contributed by atoms with Gasteiger partial charge in [0.2, 0.25) is 0 Å². The Kier molecular flexibility index (Phi) is 6.53. The van der Waals surface area contributed by atoms with Crippen LogP contribution in [0.5, 0.6) is 11.8 Å². The Morgan fingerprint density at radius 3 is 2.06 bits per heavy atom. The van der Waals surface area contributed by atoms with Gasteiger partial charge in [-0.2, -0.15) is 18.2 Å². The fourth-order valence-corrected chi connectivity index (χ4v) is 4.27. The lowest BCUT2D eigenvalue weighted by Crippen LogP contribution is -2.23. The van der Waals surface area contributed by atoms with E-state index in [1.807, 2.05) is 0 Å². The minimum atomic E-state index is -4.57. The largest absolute Gasteiger partial charge is 0.490 e. The standard InChI is InChI=1S/C23H28F3N3O2/c1-29(16-11-13-19(14-12-16)30-17-9-5-6-10-17)21-20(23(24,25)26)15-27-22(28-21)31-18-7-3-2-4-8-18/h11-15,17-18H,2-10H2,1H3. The quantitative estimate of drug-likeness (QED) is 0.533. The molecule has 0 aliphatic heterocycles. The summed E-state index contributed by atoms with van der Waals surface area (Å²) in [6, 6.07) is 7.06. The Hall–Kier alpha value is -2.51. The summed E-state index contributed by atoms with van der Waals surface area (Å²) in [6.07, 6.45) is 5.85. The fourth-order valence-electron chi connectivity index (χ4n) is 4.27. The zero-order valence-electron chi connectivity index (χ0n) is 17.7. The first kappa shape index (κ1) is 21.7. The predicted octanol–water partition coefficient (Wildman–Crippen LogP) is 6.30. The van der Waals surface area contributed by atoms with Gasteiger partial charge in [0.05, 0.1) is 6.10 Å². The number of halogens is 3. The smallest absolute Gasteiger partial charge is 0.421 e. The van der Waals surface area contributed by atoms with Gasteiger partial charge >= 0.3 is 12.2 Å². The van der Waals surface area contributed by atoms with Crippen LogP contribution in [0.25, 0.3) is 0 Å². The van der Waals surface area contributed by atoms with E-state index in [1.165, 1.54) is 17.7 Å².